The van der Waals surface area contributed by atoms with Crippen LogP contribution in [0.3, 0.4) is 0 Å². The molecule has 15 heavy (non-hydrogen) atoms. The summed E-state index contributed by atoms with van der Waals surface area (Å²) in [5.74, 6) is 0. The van der Waals surface area contributed by atoms with Gasteiger partial charge in [-0.2, -0.15) is 0 Å². The van der Waals surface area contributed by atoms with E-state index in [4.69, 9.17) is 5.73 Å². The molecule has 1 heterocycles. The molecule has 2 rings (SSSR count). The van der Waals surface area contributed by atoms with Gasteiger partial charge in [-0.05, 0) is 26.0 Å². The van der Waals surface area contributed by atoms with Crippen LogP contribution in [0.4, 0.5) is 11.4 Å². The standard InChI is InChI=1S/C11H15N3S/c1-3-14(4-2)8-5-6-9-11(10(8)12)13-7-15-9/h5-7H,3-4,12H2,1-2H3. The van der Waals surface area contributed by atoms with Gasteiger partial charge < -0.3 is 10.6 Å². The Morgan fingerprint density at radius 3 is 2.73 bits per heavy atom. The highest BCUT2D eigenvalue weighted by Crippen LogP contribution is 2.32. The Hall–Kier alpha value is -1.29. The topological polar surface area (TPSA) is 42.2 Å². The molecule has 0 bridgehead atoms. The molecule has 0 amide bonds. The molecule has 2 N–H and O–H groups in total. The molecular weight excluding hydrogens is 206 g/mol. The van der Waals surface area contributed by atoms with Gasteiger partial charge in [0.05, 0.1) is 21.6 Å². The van der Waals surface area contributed by atoms with Crippen LogP contribution in [0.2, 0.25) is 0 Å². The van der Waals surface area contributed by atoms with E-state index in [2.05, 4.69) is 35.9 Å². The van der Waals surface area contributed by atoms with Gasteiger partial charge >= 0.3 is 0 Å². The van der Waals surface area contributed by atoms with Crippen LogP contribution >= 0.6 is 11.3 Å². The van der Waals surface area contributed by atoms with Crippen LogP contribution in [-0.4, -0.2) is 18.1 Å². The molecule has 1 aromatic carbocycles. The number of nitrogens with two attached hydrogens (primary N) is 1. The summed E-state index contributed by atoms with van der Waals surface area (Å²) in [6.45, 7) is 6.20. The molecule has 0 aliphatic heterocycles. The molecule has 3 nitrogen and oxygen atoms in total. The summed E-state index contributed by atoms with van der Waals surface area (Å²) in [6, 6.07) is 4.18. The number of nitrogens with zero attached hydrogens (tertiary/aromatic N) is 2. The molecule has 80 valence electrons. The van der Waals surface area contributed by atoms with Crippen LogP contribution in [0, 0.1) is 0 Å². The van der Waals surface area contributed by atoms with Crippen molar-refractivity contribution < 1.29 is 0 Å². The Bertz CT molecular complexity index is 460. The zero-order chi connectivity index (χ0) is 10.8. The van der Waals surface area contributed by atoms with Crippen molar-refractivity contribution in [2.24, 2.45) is 0 Å². The monoisotopic (exact) mass is 221 g/mol. The predicted octanol–water partition coefficient (Wildman–Crippen LogP) is 2.72. The molecule has 0 radical (unpaired) electrons. The highest BCUT2D eigenvalue weighted by molar-refractivity contribution is 7.16. The Labute approximate surface area is 93.5 Å². The fourth-order valence-electron chi connectivity index (χ4n) is 1.78. The van der Waals surface area contributed by atoms with Crippen LogP contribution in [-0.2, 0) is 0 Å². The van der Waals surface area contributed by atoms with Crippen molar-refractivity contribution in [3.8, 4) is 0 Å². The van der Waals surface area contributed by atoms with Gasteiger partial charge in [0.15, 0.2) is 0 Å². The summed E-state index contributed by atoms with van der Waals surface area (Å²) in [4.78, 5) is 6.54. The van der Waals surface area contributed by atoms with Crippen LogP contribution in [0.15, 0.2) is 17.6 Å². The number of hydrogen-bond donors (Lipinski definition) is 1. The van der Waals surface area contributed by atoms with Crippen LogP contribution < -0.4 is 10.6 Å². The number of thiazole rings is 1. The van der Waals surface area contributed by atoms with E-state index in [1.54, 1.807) is 11.3 Å². The molecule has 0 unspecified atom stereocenters. The van der Waals surface area contributed by atoms with Crippen molar-refractivity contribution in [1.82, 2.24) is 4.98 Å². The molecule has 0 spiro atoms. The lowest BCUT2D eigenvalue weighted by molar-refractivity contribution is 0.868. The summed E-state index contributed by atoms with van der Waals surface area (Å²) in [7, 11) is 0. The van der Waals surface area contributed by atoms with E-state index in [1.807, 2.05) is 5.51 Å². The minimum atomic E-state index is 0.803. The minimum absolute atomic E-state index is 0.803. The van der Waals surface area contributed by atoms with Gasteiger partial charge in [0.25, 0.3) is 0 Å². The number of hydrogen-bond acceptors (Lipinski definition) is 4. The Morgan fingerprint density at radius 1 is 1.33 bits per heavy atom. The maximum Gasteiger partial charge on any atom is 0.106 e. The number of nitrogen functional groups attached to an aromatic ring is 1. The lowest BCUT2D eigenvalue weighted by atomic mass is 10.2. The van der Waals surface area contributed by atoms with Crippen molar-refractivity contribution in [3.63, 3.8) is 0 Å². The number of aromatic nitrogens is 1. The Morgan fingerprint density at radius 2 is 2.07 bits per heavy atom. The molecule has 0 aliphatic carbocycles. The van der Waals surface area contributed by atoms with Gasteiger partial charge in [0.1, 0.15) is 5.52 Å². The lowest BCUT2D eigenvalue weighted by Crippen LogP contribution is -2.22. The molecule has 0 atom stereocenters. The zero-order valence-electron chi connectivity index (χ0n) is 9.03. The molecule has 2 aromatic rings. The van der Waals surface area contributed by atoms with Crippen molar-refractivity contribution in [1.29, 1.82) is 0 Å². The van der Waals surface area contributed by atoms with Crippen molar-refractivity contribution >= 4 is 32.9 Å². The number of anilines is 2. The first-order valence-electron chi connectivity index (χ1n) is 5.14. The van der Waals surface area contributed by atoms with Crippen molar-refractivity contribution in [2.75, 3.05) is 23.7 Å². The lowest BCUT2D eigenvalue weighted by Gasteiger charge is -2.22. The van der Waals surface area contributed by atoms with Gasteiger partial charge in [-0.15, -0.1) is 11.3 Å². The zero-order valence-corrected chi connectivity index (χ0v) is 9.84. The van der Waals surface area contributed by atoms with E-state index >= 15 is 0 Å². The Kier molecular flexibility index (Phi) is 2.77. The van der Waals surface area contributed by atoms with E-state index in [-0.39, 0.29) is 0 Å². The molecule has 0 saturated carbocycles. The van der Waals surface area contributed by atoms with Crippen LogP contribution in [0.1, 0.15) is 13.8 Å². The Balaban J connectivity index is 2.56. The number of rotatable bonds is 3. The van der Waals surface area contributed by atoms with Gasteiger partial charge in [0, 0.05) is 13.1 Å². The second kappa shape index (κ2) is 4.06. The fourth-order valence-corrected chi connectivity index (χ4v) is 2.47. The predicted molar refractivity (Wildman–Crippen MR) is 67.6 cm³/mol. The molecular formula is C11H15N3S. The first kappa shape index (κ1) is 10.2. The second-order valence-corrected chi connectivity index (χ2v) is 4.26. The summed E-state index contributed by atoms with van der Waals surface area (Å²) >= 11 is 1.63. The first-order chi connectivity index (χ1) is 7.27. The average Bonchev–Trinajstić information content (AvgIpc) is 2.71. The van der Waals surface area contributed by atoms with Crippen LogP contribution in [0.25, 0.3) is 10.2 Å². The summed E-state index contributed by atoms with van der Waals surface area (Å²) in [6.07, 6.45) is 0. The third-order valence-corrected chi connectivity index (χ3v) is 3.42. The number of fused-ring (bicyclic) bond motifs is 1. The van der Waals surface area contributed by atoms with E-state index in [1.165, 1.54) is 0 Å². The normalized spacial score (nSPS) is 10.8. The van der Waals surface area contributed by atoms with E-state index in [0.29, 0.717) is 0 Å². The quantitative estimate of drug-likeness (QED) is 0.810. The SMILES string of the molecule is CCN(CC)c1ccc2scnc2c1N. The van der Waals surface area contributed by atoms with Crippen molar-refractivity contribution in [3.05, 3.63) is 17.6 Å². The van der Waals surface area contributed by atoms with Crippen molar-refractivity contribution in [2.45, 2.75) is 13.8 Å². The van der Waals surface area contributed by atoms with E-state index in [0.717, 1.165) is 34.7 Å². The summed E-state index contributed by atoms with van der Waals surface area (Å²) < 4.78 is 1.16. The highest BCUT2D eigenvalue weighted by atomic mass is 32.1. The average molecular weight is 221 g/mol. The third kappa shape index (κ3) is 1.65. The first-order valence-corrected chi connectivity index (χ1v) is 6.02. The number of benzene rings is 1. The molecule has 0 fully saturated rings. The van der Waals surface area contributed by atoms with Gasteiger partial charge in [-0.25, -0.2) is 4.98 Å². The maximum atomic E-state index is 6.12. The highest BCUT2D eigenvalue weighted by Gasteiger charge is 2.10. The summed E-state index contributed by atoms with van der Waals surface area (Å²) in [5.41, 5.74) is 10.8. The maximum absolute atomic E-state index is 6.12. The van der Waals surface area contributed by atoms with E-state index in [9.17, 15) is 0 Å². The smallest absolute Gasteiger partial charge is 0.106 e. The van der Waals surface area contributed by atoms with Gasteiger partial charge in [-0.1, -0.05) is 0 Å². The molecule has 1 aromatic heterocycles. The van der Waals surface area contributed by atoms with E-state index < -0.39 is 0 Å². The minimum Gasteiger partial charge on any atom is -0.395 e. The second-order valence-electron chi connectivity index (χ2n) is 3.37. The van der Waals surface area contributed by atoms with Gasteiger partial charge in [0.2, 0.25) is 0 Å². The van der Waals surface area contributed by atoms with Gasteiger partial charge in [-0.3, -0.25) is 0 Å². The third-order valence-electron chi connectivity index (χ3n) is 2.62. The molecule has 4 heteroatoms. The largest absolute Gasteiger partial charge is 0.395 e. The molecule has 0 saturated heterocycles. The van der Waals surface area contributed by atoms with Crippen LogP contribution in [0.5, 0.6) is 0 Å². The summed E-state index contributed by atoms with van der Waals surface area (Å²) in [5, 5.41) is 0. The molecule has 0 aliphatic rings. The fraction of sp³-hybridized carbons (Fsp3) is 0.364.